The van der Waals surface area contributed by atoms with E-state index in [1.165, 1.54) is 12.1 Å². The highest BCUT2D eigenvalue weighted by Crippen LogP contribution is 2.19. The lowest BCUT2D eigenvalue weighted by Gasteiger charge is -2.16. The average Bonchev–Trinajstić information content (AvgIpc) is 2.42. The molecule has 20 heavy (non-hydrogen) atoms. The molecule has 0 radical (unpaired) electrons. The number of rotatable bonds is 5. The van der Waals surface area contributed by atoms with Gasteiger partial charge in [-0.2, -0.15) is 0 Å². The Balaban J connectivity index is 2.14. The first-order valence-electron chi connectivity index (χ1n) is 6.26. The third-order valence-electron chi connectivity index (χ3n) is 2.97. The topological polar surface area (TPSA) is 46.5 Å². The van der Waals surface area contributed by atoms with E-state index in [4.69, 9.17) is 4.74 Å². The third kappa shape index (κ3) is 3.57. The van der Waals surface area contributed by atoms with Crippen molar-refractivity contribution in [1.82, 2.24) is 0 Å². The minimum absolute atomic E-state index is 0.184. The molecule has 0 saturated carbocycles. The molecular weight excluding hydrogens is 259 g/mol. The molecule has 3 nitrogen and oxygen atoms in total. The Hall–Kier alpha value is -2.36. The van der Waals surface area contributed by atoms with Crippen LogP contribution in [0.15, 0.2) is 48.5 Å². The second-order valence-electron chi connectivity index (χ2n) is 4.54. The fraction of sp³-hybridized carbons (Fsp3) is 0.188. The average molecular weight is 274 g/mol. The fourth-order valence-electron chi connectivity index (χ4n) is 1.86. The third-order valence-corrected chi connectivity index (χ3v) is 2.97. The van der Waals surface area contributed by atoms with E-state index in [2.05, 4.69) is 0 Å². The summed E-state index contributed by atoms with van der Waals surface area (Å²) in [5, 5.41) is 9.24. The van der Waals surface area contributed by atoms with E-state index in [0.717, 1.165) is 5.56 Å². The van der Waals surface area contributed by atoms with Gasteiger partial charge in [-0.05, 0) is 36.2 Å². The zero-order valence-electron chi connectivity index (χ0n) is 11.0. The van der Waals surface area contributed by atoms with E-state index in [9.17, 15) is 14.3 Å². The number of halogens is 1. The zero-order valence-corrected chi connectivity index (χ0v) is 11.0. The van der Waals surface area contributed by atoms with Crippen molar-refractivity contribution in [3.63, 3.8) is 0 Å². The molecule has 104 valence electrons. The van der Waals surface area contributed by atoms with Gasteiger partial charge in [-0.3, -0.25) is 0 Å². The van der Waals surface area contributed by atoms with Crippen LogP contribution >= 0.6 is 0 Å². The van der Waals surface area contributed by atoms with Crippen LogP contribution in [0.4, 0.5) is 4.39 Å². The second-order valence-corrected chi connectivity index (χ2v) is 4.54. The van der Waals surface area contributed by atoms with Gasteiger partial charge in [0.05, 0.1) is 0 Å². The quantitative estimate of drug-likeness (QED) is 0.910. The van der Waals surface area contributed by atoms with Crippen LogP contribution in [0, 0.1) is 12.7 Å². The maximum atomic E-state index is 12.8. The summed E-state index contributed by atoms with van der Waals surface area (Å²) in [5.41, 5.74) is 1.59. The second kappa shape index (κ2) is 6.19. The van der Waals surface area contributed by atoms with Gasteiger partial charge in [0.25, 0.3) is 0 Å². The Morgan fingerprint density at radius 2 is 1.85 bits per heavy atom. The summed E-state index contributed by atoms with van der Waals surface area (Å²) in [6, 6.07) is 13.0. The van der Waals surface area contributed by atoms with Gasteiger partial charge in [-0.15, -0.1) is 0 Å². The van der Waals surface area contributed by atoms with Crippen molar-refractivity contribution < 1.29 is 19.0 Å². The highest BCUT2D eigenvalue weighted by molar-refractivity contribution is 5.73. The molecule has 0 aromatic heterocycles. The number of aryl methyl sites for hydroxylation is 1. The smallest absolute Gasteiger partial charge is 0.345 e. The lowest BCUT2D eigenvalue weighted by Crippen LogP contribution is -2.29. The van der Waals surface area contributed by atoms with Gasteiger partial charge < -0.3 is 9.84 Å². The predicted octanol–water partition coefficient (Wildman–Crippen LogP) is 3.21. The molecular formula is C16H15FO3. The van der Waals surface area contributed by atoms with Gasteiger partial charge in [-0.1, -0.05) is 30.3 Å². The first-order chi connectivity index (χ1) is 9.56. The number of hydrogen-bond acceptors (Lipinski definition) is 2. The predicted molar refractivity (Wildman–Crippen MR) is 73.3 cm³/mol. The summed E-state index contributed by atoms with van der Waals surface area (Å²) in [6.07, 6.45) is -0.814. The Morgan fingerprint density at radius 1 is 1.20 bits per heavy atom. The number of carboxylic acids is 1. The molecule has 0 bridgehead atoms. The monoisotopic (exact) mass is 274 g/mol. The number of hydrogen-bond donors (Lipinski definition) is 1. The summed E-state index contributed by atoms with van der Waals surface area (Å²) >= 11 is 0. The molecule has 1 atom stereocenters. The Kier molecular flexibility index (Phi) is 4.35. The van der Waals surface area contributed by atoms with E-state index in [1.807, 2.05) is 19.1 Å². The van der Waals surface area contributed by atoms with Gasteiger partial charge in [0.2, 0.25) is 0 Å². The number of carboxylic acid groups (broad SMARTS) is 1. The zero-order chi connectivity index (χ0) is 14.5. The minimum Gasteiger partial charge on any atom is -0.478 e. The van der Waals surface area contributed by atoms with E-state index in [-0.39, 0.29) is 12.2 Å². The molecule has 1 N–H and O–H groups in total. The van der Waals surface area contributed by atoms with Crippen LogP contribution in [-0.4, -0.2) is 17.2 Å². The number of carbonyl (C=O) groups is 1. The number of ether oxygens (including phenoxy) is 1. The van der Waals surface area contributed by atoms with Gasteiger partial charge in [0.1, 0.15) is 11.6 Å². The maximum absolute atomic E-state index is 12.8. The maximum Gasteiger partial charge on any atom is 0.345 e. The van der Waals surface area contributed by atoms with Gasteiger partial charge in [0, 0.05) is 6.42 Å². The molecule has 2 aromatic rings. The van der Waals surface area contributed by atoms with Crippen molar-refractivity contribution in [3.8, 4) is 5.75 Å². The largest absolute Gasteiger partial charge is 0.478 e. The number of aliphatic carboxylic acids is 1. The Morgan fingerprint density at radius 3 is 2.45 bits per heavy atom. The van der Waals surface area contributed by atoms with Crippen LogP contribution in [-0.2, 0) is 11.2 Å². The van der Waals surface area contributed by atoms with Crippen molar-refractivity contribution in [2.24, 2.45) is 0 Å². The molecule has 0 fully saturated rings. The summed E-state index contributed by atoms with van der Waals surface area (Å²) in [6.45, 7) is 1.85. The SMILES string of the molecule is Cc1ccccc1O[C@H](Cc1ccc(F)cc1)C(=O)O. The highest BCUT2D eigenvalue weighted by atomic mass is 19.1. The van der Waals surface area contributed by atoms with Crippen molar-refractivity contribution in [3.05, 3.63) is 65.5 Å². The first kappa shape index (κ1) is 14.1. The van der Waals surface area contributed by atoms with Crippen molar-refractivity contribution in [2.75, 3.05) is 0 Å². The fourth-order valence-corrected chi connectivity index (χ4v) is 1.86. The van der Waals surface area contributed by atoms with E-state index in [0.29, 0.717) is 11.3 Å². The van der Waals surface area contributed by atoms with Gasteiger partial charge in [0.15, 0.2) is 6.10 Å². The van der Waals surface area contributed by atoms with Crippen molar-refractivity contribution in [2.45, 2.75) is 19.4 Å². The molecule has 0 aliphatic carbocycles. The van der Waals surface area contributed by atoms with Gasteiger partial charge >= 0.3 is 5.97 Å². The van der Waals surface area contributed by atoms with Crippen molar-refractivity contribution >= 4 is 5.97 Å². The van der Waals surface area contributed by atoms with Crippen LogP contribution in [0.2, 0.25) is 0 Å². The summed E-state index contributed by atoms with van der Waals surface area (Å²) in [5.74, 6) is -0.847. The van der Waals surface area contributed by atoms with Crippen LogP contribution in [0.1, 0.15) is 11.1 Å². The van der Waals surface area contributed by atoms with Crippen LogP contribution in [0.5, 0.6) is 5.75 Å². The normalized spacial score (nSPS) is 11.9. The lowest BCUT2D eigenvalue weighted by molar-refractivity contribution is -0.145. The Bertz CT molecular complexity index is 593. The van der Waals surface area contributed by atoms with Crippen molar-refractivity contribution in [1.29, 1.82) is 0 Å². The van der Waals surface area contributed by atoms with Crippen LogP contribution < -0.4 is 4.74 Å². The Labute approximate surface area is 116 Å². The standard InChI is InChI=1S/C16H15FO3/c1-11-4-2-3-5-14(11)20-15(16(18)19)10-12-6-8-13(17)9-7-12/h2-9,15H,10H2,1H3,(H,18,19)/t15-/m1/s1. The van der Waals surface area contributed by atoms with Crippen LogP contribution in [0.3, 0.4) is 0 Å². The van der Waals surface area contributed by atoms with Gasteiger partial charge in [-0.25, -0.2) is 9.18 Å². The first-order valence-corrected chi connectivity index (χ1v) is 6.26. The number of para-hydroxylation sites is 1. The summed E-state index contributed by atoms with van der Waals surface area (Å²) in [4.78, 5) is 11.3. The molecule has 0 heterocycles. The van der Waals surface area contributed by atoms with Crippen LogP contribution in [0.25, 0.3) is 0 Å². The summed E-state index contributed by atoms with van der Waals surface area (Å²) < 4.78 is 18.4. The summed E-state index contributed by atoms with van der Waals surface area (Å²) in [7, 11) is 0. The van der Waals surface area contributed by atoms with E-state index >= 15 is 0 Å². The van der Waals surface area contributed by atoms with E-state index < -0.39 is 12.1 Å². The molecule has 0 aliphatic rings. The lowest BCUT2D eigenvalue weighted by atomic mass is 10.1. The molecule has 0 spiro atoms. The molecule has 2 rings (SSSR count). The minimum atomic E-state index is -1.04. The highest BCUT2D eigenvalue weighted by Gasteiger charge is 2.20. The van der Waals surface area contributed by atoms with E-state index in [1.54, 1.807) is 24.3 Å². The number of benzene rings is 2. The molecule has 0 aliphatic heterocycles. The molecule has 0 saturated heterocycles. The molecule has 0 amide bonds. The molecule has 2 aromatic carbocycles. The molecule has 0 unspecified atom stereocenters. The molecule has 4 heteroatoms.